The Morgan fingerprint density at radius 3 is 2.46 bits per heavy atom. The molecule has 3 nitrogen and oxygen atoms in total. The van der Waals surface area contributed by atoms with E-state index < -0.39 is 11.6 Å². The summed E-state index contributed by atoms with van der Waals surface area (Å²) < 4.78 is 26.2. The summed E-state index contributed by atoms with van der Waals surface area (Å²) in [5, 5.41) is 0. The zero-order valence-electron chi connectivity index (χ0n) is 14.0. The van der Waals surface area contributed by atoms with E-state index in [0.717, 1.165) is 24.1 Å². The molecule has 0 saturated heterocycles. The summed E-state index contributed by atoms with van der Waals surface area (Å²) in [7, 11) is 0. The number of carbonyl (C=O) groups excluding carboxylic acids is 1. The average Bonchev–Trinajstić information content (AvgIpc) is 2.60. The molecule has 128 valence electrons. The molecule has 0 bridgehead atoms. The molecule has 1 heterocycles. The normalized spacial score (nSPS) is 12.0. The second-order valence-corrected chi connectivity index (χ2v) is 5.88. The van der Waals surface area contributed by atoms with Crippen molar-refractivity contribution < 1.29 is 13.6 Å². The first-order valence-electron chi connectivity index (χ1n) is 8.13. The maximum atomic E-state index is 13.3. The Labute approximate surface area is 141 Å². The van der Waals surface area contributed by atoms with Crippen molar-refractivity contribution in [3.63, 3.8) is 0 Å². The van der Waals surface area contributed by atoms with Gasteiger partial charge in [0.1, 0.15) is 0 Å². The minimum absolute atomic E-state index is 0.00546. The van der Waals surface area contributed by atoms with E-state index in [1.165, 1.54) is 6.07 Å². The monoisotopic (exact) mass is 332 g/mol. The summed E-state index contributed by atoms with van der Waals surface area (Å²) in [6, 6.07) is 7.64. The predicted molar refractivity (Wildman–Crippen MR) is 89.2 cm³/mol. The van der Waals surface area contributed by atoms with Crippen LogP contribution in [0.4, 0.5) is 8.78 Å². The molecular weight excluding hydrogens is 310 g/mol. The highest BCUT2D eigenvalue weighted by molar-refractivity contribution is 5.76. The highest BCUT2D eigenvalue weighted by atomic mass is 19.2. The fourth-order valence-corrected chi connectivity index (χ4v) is 2.49. The Bertz CT molecular complexity index is 676. The first-order chi connectivity index (χ1) is 11.5. The van der Waals surface area contributed by atoms with Gasteiger partial charge in [-0.1, -0.05) is 13.0 Å². The van der Waals surface area contributed by atoms with Crippen LogP contribution in [0.3, 0.4) is 0 Å². The number of hydrogen-bond acceptors (Lipinski definition) is 2. The second kappa shape index (κ2) is 8.52. The lowest BCUT2D eigenvalue weighted by Crippen LogP contribution is -2.37. The van der Waals surface area contributed by atoms with Crippen LogP contribution >= 0.6 is 0 Å². The molecule has 0 spiro atoms. The predicted octanol–water partition coefficient (Wildman–Crippen LogP) is 4.12. The molecule has 5 heteroatoms. The van der Waals surface area contributed by atoms with Crippen molar-refractivity contribution in [2.45, 2.75) is 45.7 Å². The number of halogens is 2. The van der Waals surface area contributed by atoms with Gasteiger partial charge >= 0.3 is 0 Å². The number of benzene rings is 1. The van der Waals surface area contributed by atoms with Crippen LogP contribution in [-0.2, 0) is 17.8 Å². The molecule has 0 aliphatic rings. The van der Waals surface area contributed by atoms with Crippen LogP contribution < -0.4 is 0 Å². The summed E-state index contributed by atoms with van der Waals surface area (Å²) in [6.07, 6.45) is 4.91. The van der Waals surface area contributed by atoms with Gasteiger partial charge in [0.05, 0.1) is 0 Å². The largest absolute Gasteiger partial charge is 0.336 e. The van der Waals surface area contributed by atoms with Gasteiger partial charge in [-0.05, 0) is 55.2 Å². The SMILES string of the molecule is CC[C@H](C)N(Cc1ccncc1)C(=O)CCc1ccc(F)c(F)c1. The van der Waals surface area contributed by atoms with Crippen molar-refractivity contribution in [1.29, 1.82) is 0 Å². The van der Waals surface area contributed by atoms with Crippen LogP contribution in [0.15, 0.2) is 42.7 Å². The lowest BCUT2D eigenvalue weighted by atomic mass is 10.1. The first kappa shape index (κ1) is 18.0. The zero-order valence-corrected chi connectivity index (χ0v) is 14.0. The first-order valence-corrected chi connectivity index (χ1v) is 8.13. The molecule has 0 N–H and O–H groups in total. The topological polar surface area (TPSA) is 33.2 Å². The molecule has 1 atom stereocenters. The molecule has 1 aromatic heterocycles. The van der Waals surface area contributed by atoms with Crippen LogP contribution in [0, 0.1) is 11.6 Å². The van der Waals surface area contributed by atoms with Crippen LogP contribution in [0.5, 0.6) is 0 Å². The average molecular weight is 332 g/mol. The molecule has 24 heavy (non-hydrogen) atoms. The molecule has 0 aliphatic carbocycles. The van der Waals surface area contributed by atoms with Crippen molar-refractivity contribution in [3.8, 4) is 0 Å². The van der Waals surface area contributed by atoms with Gasteiger partial charge in [-0.3, -0.25) is 9.78 Å². The number of amides is 1. The second-order valence-electron chi connectivity index (χ2n) is 5.88. The van der Waals surface area contributed by atoms with Crippen molar-refractivity contribution in [2.75, 3.05) is 0 Å². The van der Waals surface area contributed by atoms with Crippen molar-refractivity contribution >= 4 is 5.91 Å². The van der Waals surface area contributed by atoms with Gasteiger partial charge in [0, 0.05) is 31.4 Å². The number of nitrogens with zero attached hydrogens (tertiary/aromatic N) is 2. The summed E-state index contributed by atoms with van der Waals surface area (Å²) >= 11 is 0. The van der Waals surface area contributed by atoms with E-state index in [-0.39, 0.29) is 18.4 Å². The molecule has 0 fully saturated rings. The van der Waals surface area contributed by atoms with Crippen LogP contribution in [0.25, 0.3) is 0 Å². The van der Waals surface area contributed by atoms with Gasteiger partial charge in [0.2, 0.25) is 5.91 Å². The van der Waals surface area contributed by atoms with Crippen LogP contribution in [-0.4, -0.2) is 21.8 Å². The summed E-state index contributed by atoms with van der Waals surface area (Å²) in [5.74, 6) is -1.74. The number of pyridine rings is 1. The molecule has 0 radical (unpaired) electrons. The summed E-state index contributed by atoms with van der Waals surface area (Å²) in [4.78, 5) is 18.4. The third-order valence-electron chi connectivity index (χ3n) is 4.16. The molecule has 1 aromatic carbocycles. The van der Waals surface area contributed by atoms with E-state index in [0.29, 0.717) is 18.5 Å². The molecule has 0 aliphatic heterocycles. The van der Waals surface area contributed by atoms with E-state index in [4.69, 9.17) is 0 Å². The lowest BCUT2D eigenvalue weighted by Gasteiger charge is -2.29. The molecule has 2 aromatic rings. The van der Waals surface area contributed by atoms with Gasteiger partial charge in [0.25, 0.3) is 0 Å². The highest BCUT2D eigenvalue weighted by Gasteiger charge is 2.19. The van der Waals surface area contributed by atoms with Crippen LogP contribution in [0.1, 0.15) is 37.8 Å². The van der Waals surface area contributed by atoms with Crippen molar-refractivity contribution in [2.24, 2.45) is 0 Å². The zero-order chi connectivity index (χ0) is 17.5. The van der Waals surface area contributed by atoms with Crippen molar-refractivity contribution in [1.82, 2.24) is 9.88 Å². The summed E-state index contributed by atoms with van der Waals surface area (Å²) in [5.41, 5.74) is 1.64. The Morgan fingerprint density at radius 2 is 1.83 bits per heavy atom. The number of hydrogen-bond donors (Lipinski definition) is 0. The van der Waals surface area contributed by atoms with Crippen LogP contribution in [0.2, 0.25) is 0 Å². The molecular formula is C19H22F2N2O. The van der Waals surface area contributed by atoms with Gasteiger partial charge in [-0.15, -0.1) is 0 Å². The Balaban J connectivity index is 2.03. The Morgan fingerprint density at radius 1 is 1.12 bits per heavy atom. The van der Waals surface area contributed by atoms with E-state index in [1.54, 1.807) is 12.4 Å². The fraction of sp³-hybridized carbons (Fsp3) is 0.368. The van der Waals surface area contributed by atoms with Gasteiger partial charge in [0.15, 0.2) is 11.6 Å². The van der Waals surface area contributed by atoms with Gasteiger partial charge < -0.3 is 4.90 Å². The minimum atomic E-state index is -0.879. The third kappa shape index (κ3) is 4.85. The van der Waals surface area contributed by atoms with E-state index in [2.05, 4.69) is 4.98 Å². The molecule has 2 rings (SSSR count). The third-order valence-corrected chi connectivity index (χ3v) is 4.16. The standard InChI is InChI=1S/C19H22F2N2O/c1-3-14(2)23(13-16-8-10-22-11-9-16)19(24)7-5-15-4-6-17(20)18(21)12-15/h4,6,8-12,14H,3,5,7,13H2,1-2H3/t14-/m0/s1. The maximum absolute atomic E-state index is 13.3. The van der Waals surface area contributed by atoms with Crippen molar-refractivity contribution in [3.05, 3.63) is 65.5 Å². The maximum Gasteiger partial charge on any atom is 0.223 e. The quantitative estimate of drug-likeness (QED) is 0.764. The van der Waals surface area contributed by atoms with E-state index in [9.17, 15) is 13.6 Å². The number of aromatic nitrogens is 1. The molecule has 1 amide bonds. The highest BCUT2D eigenvalue weighted by Crippen LogP contribution is 2.15. The molecule has 0 unspecified atom stereocenters. The smallest absolute Gasteiger partial charge is 0.223 e. The Kier molecular flexibility index (Phi) is 6.41. The Hall–Kier alpha value is -2.30. The minimum Gasteiger partial charge on any atom is -0.336 e. The number of aryl methyl sites for hydroxylation is 1. The number of rotatable bonds is 7. The fourth-order valence-electron chi connectivity index (χ4n) is 2.49. The van der Waals surface area contributed by atoms with Gasteiger partial charge in [-0.2, -0.15) is 0 Å². The number of carbonyl (C=O) groups is 1. The van der Waals surface area contributed by atoms with E-state index >= 15 is 0 Å². The molecule has 0 saturated carbocycles. The summed E-state index contributed by atoms with van der Waals surface area (Å²) in [6.45, 7) is 4.57. The van der Waals surface area contributed by atoms with Gasteiger partial charge in [-0.25, -0.2) is 8.78 Å². The van der Waals surface area contributed by atoms with E-state index in [1.807, 2.05) is 30.9 Å². The lowest BCUT2D eigenvalue weighted by molar-refractivity contribution is -0.134.